The third kappa shape index (κ3) is 7.48. The number of carbonyl (C=O) groups excluding carboxylic acids is 1. The van der Waals surface area contributed by atoms with E-state index in [4.69, 9.17) is 9.47 Å². The normalized spacial score (nSPS) is 11.7. The maximum absolute atomic E-state index is 12.5. The van der Waals surface area contributed by atoms with Crippen molar-refractivity contribution in [2.24, 2.45) is 0 Å². The number of alkyl halides is 2. The Hall–Kier alpha value is -3.03. The molecule has 0 aliphatic carbocycles. The van der Waals surface area contributed by atoms with Crippen LogP contribution in [-0.4, -0.2) is 39.4 Å². The van der Waals surface area contributed by atoms with Crippen molar-refractivity contribution in [3.63, 3.8) is 0 Å². The minimum atomic E-state index is -2.94. The summed E-state index contributed by atoms with van der Waals surface area (Å²) in [5, 5.41) is 5.64. The molecule has 29 heavy (non-hydrogen) atoms. The zero-order chi connectivity index (χ0) is 21.2. The molecule has 1 atom stereocenters. The number of amides is 2. The van der Waals surface area contributed by atoms with Crippen LogP contribution in [0.3, 0.4) is 0 Å². The molecule has 0 aromatic heterocycles. The number of nitrogens with one attached hydrogen (secondary N) is 2. The van der Waals surface area contributed by atoms with Gasteiger partial charge in [0.15, 0.2) is 11.5 Å². The quantitative estimate of drug-likeness (QED) is 0.628. The third-order valence-corrected chi connectivity index (χ3v) is 4.20. The van der Waals surface area contributed by atoms with E-state index in [1.54, 1.807) is 19.2 Å². The third-order valence-electron chi connectivity index (χ3n) is 4.20. The van der Waals surface area contributed by atoms with Gasteiger partial charge in [-0.2, -0.15) is 8.78 Å². The number of carbonyl (C=O) groups is 1. The number of hydrogen-bond donors (Lipinski definition) is 2. The number of urea groups is 1. The van der Waals surface area contributed by atoms with Gasteiger partial charge in [-0.05, 0) is 55.2 Å². The zero-order valence-corrected chi connectivity index (χ0v) is 16.7. The lowest BCUT2D eigenvalue weighted by Crippen LogP contribution is -2.42. The summed E-state index contributed by atoms with van der Waals surface area (Å²) in [5.41, 5.74) is 1.80. The van der Waals surface area contributed by atoms with E-state index in [2.05, 4.69) is 15.4 Å². The summed E-state index contributed by atoms with van der Waals surface area (Å²) in [7, 11) is 2.99. The van der Waals surface area contributed by atoms with Gasteiger partial charge in [-0.15, -0.1) is 0 Å². The second-order valence-electron chi connectivity index (χ2n) is 6.47. The number of methoxy groups -OCH3 is 2. The first-order chi connectivity index (χ1) is 13.9. The highest BCUT2D eigenvalue weighted by molar-refractivity contribution is 5.74. The summed E-state index contributed by atoms with van der Waals surface area (Å²) in [6.45, 7) is -0.677. The Balaban J connectivity index is 1.80. The number of rotatable bonds is 10. The van der Waals surface area contributed by atoms with Gasteiger partial charge in [-0.1, -0.05) is 18.2 Å². The molecular formula is C21H26F2N2O4. The van der Waals surface area contributed by atoms with E-state index in [9.17, 15) is 13.6 Å². The summed E-state index contributed by atoms with van der Waals surface area (Å²) >= 11 is 0. The second kappa shape index (κ2) is 11.1. The Kier molecular flexibility index (Phi) is 8.51. The van der Waals surface area contributed by atoms with Crippen LogP contribution < -0.4 is 24.8 Å². The average molecular weight is 408 g/mol. The molecule has 0 aliphatic heterocycles. The predicted molar refractivity (Wildman–Crippen MR) is 106 cm³/mol. The highest BCUT2D eigenvalue weighted by Gasteiger charge is 2.12. The van der Waals surface area contributed by atoms with Crippen molar-refractivity contribution in [1.82, 2.24) is 10.6 Å². The van der Waals surface area contributed by atoms with Crippen LogP contribution in [0.1, 0.15) is 18.1 Å². The van der Waals surface area contributed by atoms with E-state index >= 15 is 0 Å². The van der Waals surface area contributed by atoms with Crippen LogP contribution >= 0.6 is 0 Å². The van der Waals surface area contributed by atoms with Crippen molar-refractivity contribution in [1.29, 1.82) is 0 Å². The molecule has 2 aromatic carbocycles. The number of ether oxygens (including phenoxy) is 3. The first-order valence-corrected chi connectivity index (χ1v) is 9.20. The van der Waals surface area contributed by atoms with E-state index in [0.717, 1.165) is 16.9 Å². The smallest absolute Gasteiger partial charge is 0.387 e. The van der Waals surface area contributed by atoms with Gasteiger partial charge in [0.25, 0.3) is 0 Å². The predicted octanol–water partition coefficient (Wildman–Crippen LogP) is 3.78. The van der Waals surface area contributed by atoms with E-state index in [0.29, 0.717) is 19.4 Å². The molecule has 0 aliphatic rings. The molecule has 0 spiro atoms. The van der Waals surface area contributed by atoms with Crippen LogP contribution in [0.5, 0.6) is 17.2 Å². The van der Waals surface area contributed by atoms with Crippen molar-refractivity contribution in [3.05, 3.63) is 53.6 Å². The van der Waals surface area contributed by atoms with Crippen molar-refractivity contribution in [2.45, 2.75) is 32.4 Å². The second-order valence-corrected chi connectivity index (χ2v) is 6.47. The van der Waals surface area contributed by atoms with Gasteiger partial charge in [0.05, 0.1) is 14.2 Å². The summed E-state index contributed by atoms with van der Waals surface area (Å²) in [5.74, 6) is 0.969. The fourth-order valence-electron chi connectivity index (χ4n) is 2.86. The van der Waals surface area contributed by atoms with Gasteiger partial charge in [-0.25, -0.2) is 4.79 Å². The molecule has 2 N–H and O–H groups in total. The summed E-state index contributed by atoms with van der Waals surface area (Å²) in [6, 6.07) is 12.1. The van der Waals surface area contributed by atoms with Crippen LogP contribution in [-0.2, 0) is 12.8 Å². The van der Waals surface area contributed by atoms with Gasteiger partial charge in [0, 0.05) is 12.6 Å². The number of benzene rings is 2. The molecule has 1 unspecified atom stereocenters. The lowest BCUT2D eigenvalue weighted by atomic mass is 10.1. The summed E-state index contributed by atoms with van der Waals surface area (Å²) in [4.78, 5) is 12.1. The Morgan fingerprint density at radius 2 is 1.83 bits per heavy atom. The average Bonchev–Trinajstić information content (AvgIpc) is 2.67. The Morgan fingerprint density at radius 3 is 2.52 bits per heavy atom. The van der Waals surface area contributed by atoms with Crippen molar-refractivity contribution in [2.75, 3.05) is 20.8 Å². The molecule has 2 amide bonds. The molecule has 6 nitrogen and oxygen atoms in total. The lowest BCUT2D eigenvalue weighted by Gasteiger charge is -2.15. The van der Waals surface area contributed by atoms with Gasteiger partial charge >= 0.3 is 12.6 Å². The molecule has 0 radical (unpaired) electrons. The van der Waals surface area contributed by atoms with Gasteiger partial charge in [0.1, 0.15) is 5.75 Å². The molecule has 0 fully saturated rings. The van der Waals surface area contributed by atoms with Crippen LogP contribution in [0.4, 0.5) is 13.6 Å². The van der Waals surface area contributed by atoms with E-state index in [-0.39, 0.29) is 23.6 Å². The minimum Gasteiger partial charge on any atom is -0.497 e. The molecule has 0 saturated carbocycles. The number of halogens is 2. The molecule has 158 valence electrons. The molecule has 0 bridgehead atoms. The SMILES string of the molecule is COc1cccc(CC(C)NC(=O)NCCc2ccc(OC)c(OC(F)F)c2)c1. The largest absolute Gasteiger partial charge is 0.497 e. The first-order valence-electron chi connectivity index (χ1n) is 9.20. The summed E-state index contributed by atoms with van der Waals surface area (Å²) in [6.07, 6.45) is 1.12. The standard InChI is InChI=1S/C21H26F2N2O4/c1-14(11-16-5-4-6-17(12-16)27-2)25-21(26)24-10-9-15-7-8-18(28-3)19(13-15)29-20(22)23/h4-8,12-14,20H,9-11H2,1-3H3,(H2,24,25,26). The van der Waals surface area contributed by atoms with Gasteiger partial charge in [-0.3, -0.25) is 0 Å². The Labute approximate surface area is 169 Å². The Bertz CT molecular complexity index is 802. The van der Waals surface area contributed by atoms with Crippen molar-refractivity contribution >= 4 is 6.03 Å². The fraction of sp³-hybridized carbons (Fsp3) is 0.381. The first kappa shape index (κ1) is 22.3. The zero-order valence-electron chi connectivity index (χ0n) is 16.7. The molecule has 8 heteroatoms. The molecule has 2 aromatic rings. The molecule has 0 heterocycles. The van der Waals surface area contributed by atoms with E-state index < -0.39 is 6.61 Å². The summed E-state index contributed by atoms with van der Waals surface area (Å²) < 4.78 is 39.7. The van der Waals surface area contributed by atoms with Crippen LogP contribution in [0.25, 0.3) is 0 Å². The van der Waals surface area contributed by atoms with Crippen molar-refractivity contribution in [3.8, 4) is 17.2 Å². The highest BCUT2D eigenvalue weighted by atomic mass is 19.3. The van der Waals surface area contributed by atoms with E-state index in [1.807, 2.05) is 31.2 Å². The van der Waals surface area contributed by atoms with Crippen LogP contribution in [0, 0.1) is 0 Å². The highest BCUT2D eigenvalue weighted by Crippen LogP contribution is 2.29. The van der Waals surface area contributed by atoms with Gasteiger partial charge in [0.2, 0.25) is 0 Å². The topological polar surface area (TPSA) is 68.8 Å². The molecule has 0 saturated heterocycles. The fourth-order valence-corrected chi connectivity index (χ4v) is 2.86. The molecule has 2 rings (SSSR count). The molecular weight excluding hydrogens is 382 g/mol. The van der Waals surface area contributed by atoms with Crippen molar-refractivity contribution < 1.29 is 27.8 Å². The maximum Gasteiger partial charge on any atom is 0.387 e. The Morgan fingerprint density at radius 1 is 1.03 bits per heavy atom. The number of hydrogen-bond acceptors (Lipinski definition) is 4. The van der Waals surface area contributed by atoms with Crippen LogP contribution in [0.15, 0.2) is 42.5 Å². The van der Waals surface area contributed by atoms with Crippen LogP contribution in [0.2, 0.25) is 0 Å². The lowest BCUT2D eigenvalue weighted by molar-refractivity contribution is -0.0512. The van der Waals surface area contributed by atoms with Gasteiger partial charge < -0.3 is 24.8 Å². The minimum absolute atomic E-state index is 0.0311. The monoisotopic (exact) mass is 408 g/mol. The van der Waals surface area contributed by atoms with E-state index in [1.165, 1.54) is 13.2 Å². The maximum atomic E-state index is 12.5.